The van der Waals surface area contributed by atoms with Gasteiger partial charge in [0.05, 0.1) is 6.26 Å². The van der Waals surface area contributed by atoms with E-state index in [4.69, 9.17) is 0 Å². The van der Waals surface area contributed by atoms with Crippen molar-refractivity contribution >= 4 is 27.5 Å². The summed E-state index contributed by atoms with van der Waals surface area (Å²) in [5, 5.41) is 0. The quantitative estimate of drug-likeness (QED) is 0.748. The van der Waals surface area contributed by atoms with Crippen molar-refractivity contribution in [2.24, 2.45) is 0 Å². The van der Waals surface area contributed by atoms with Crippen LogP contribution in [0.15, 0.2) is 48.5 Å². The number of sulfonamides is 1. The van der Waals surface area contributed by atoms with E-state index in [-0.39, 0.29) is 4.75 Å². The van der Waals surface area contributed by atoms with E-state index in [1.54, 1.807) is 0 Å². The molecule has 136 valence electrons. The molecule has 0 aliphatic heterocycles. The monoisotopic (exact) mass is 377 g/mol. The van der Waals surface area contributed by atoms with E-state index in [1.807, 2.05) is 36.0 Å². The molecule has 0 bridgehead atoms. The number of aryl methyl sites for hydroxylation is 2. The van der Waals surface area contributed by atoms with Gasteiger partial charge in [-0.2, -0.15) is 11.8 Å². The normalized spacial score (nSPS) is 12.2. The van der Waals surface area contributed by atoms with Gasteiger partial charge in [-0.25, -0.2) is 8.42 Å². The third kappa shape index (κ3) is 7.97. The van der Waals surface area contributed by atoms with Crippen LogP contribution in [-0.4, -0.2) is 19.4 Å². The Morgan fingerprint density at radius 2 is 1.28 bits per heavy atom. The van der Waals surface area contributed by atoms with Gasteiger partial charge < -0.3 is 0 Å². The van der Waals surface area contributed by atoms with Crippen LogP contribution in [0.2, 0.25) is 0 Å². The van der Waals surface area contributed by atoms with Gasteiger partial charge in [0.15, 0.2) is 0 Å². The Kier molecular flexibility index (Phi) is 6.58. The Morgan fingerprint density at radius 3 is 1.72 bits per heavy atom. The molecular weight excluding hydrogens is 350 g/mol. The summed E-state index contributed by atoms with van der Waals surface area (Å²) in [5.41, 5.74) is 4.49. The van der Waals surface area contributed by atoms with Crippen LogP contribution in [0, 0.1) is 0 Å². The van der Waals surface area contributed by atoms with Crippen molar-refractivity contribution in [1.82, 2.24) is 0 Å². The summed E-state index contributed by atoms with van der Waals surface area (Å²) in [4.78, 5) is 0. The lowest BCUT2D eigenvalue weighted by Crippen LogP contribution is -2.09. The van der Waals surface area contributed by atoms with E-state index in [0.717, 1.165) is 24.9 Å². The van der Waals surface area contributed by atoms with Crippen LogP contribution >= 0.6 is 11.8 Å². The SMILES string of the molecule is CC(C)(C)SCc1ccc(CCc2ccc(NS(C)(=O)=O)cc2)cc1. The van der Waals surface area contributed by atoms with E-state index in [9.17, 15) is 8.42 Å². The standard InChI is InChI=1S/C20H27NO2S2/c1-20(2,3)24-15-18-9-7-16(8-10-18)5-6-17-11-13-19(14-12-17)21-25(4,22)23/h7-14,21H,5-6,15H2,1-4H3. The molecule has 0 unspecified atom stereocenters. The average molecular weight is 378 g/mol. The number of benzene rings is 2. The van der Waals surface area contributed by atoms with Crippen LogP contribution in [0.1, 0.15) is 37.5 Å². The smallest absolute Gasteiger partial charge is 0.229 e. The van der Waals surface area contributed by atoms with Gasteiger partial charge in [0.1, 0.15) is 0 Å². The van der Waals surface area contributed by atoms with Crippen LogP contribution in [0.5, 0.6) is 0 Å². The van der Waals surface area contributed by atoms with Crippen LogP contribution in [0.4, 0.5) is 5.69 Å². The topological polar surface area (TPSA) is 46.2 Å². The minimum absolute atomic E-state index is 0.288. The van der Waals surface area contributed by atoms with E-state index in [0.29, 0.717) is 5.69 Å². The van der Waals surface area contributed by atoms with Gasteiger partial charge in [0.2, 0.25) is 10.0 Å². The summed E-state index contributed by atoms with van der Waals surface area (Å²) in [7, 11) is -3.22. The summed E-state index contributed by atoms with van der Waals surface area (Å²) in [6.45, 7) is 6.72. The number of thioether (sulfide) groups is 1. The Morgan fingerprint density at radius 1 is 0.840 bits per heavy atom. The molecule has 0 amide bonds. The fourth-order valence-corrected chi connectivity index (χ4v) is 3.70. The molecule has 3 nitrogen and oxygen atoms in total. The molecule has 0 saturated heterocycles. The Labute approximate surface area is 156 Å². The first-order valence-corrected chi connectivity index (χ1v) is 11.3. The van der Waals surface area contributed by atoms with E-state index >= 15 is 0 Å². The second-order valence-corrected chi connectivity index (χ2v) is 10.8. The zero-order chi connectivity index (χ0) is 18.5. The fourth-order valence-electron chi connectivity index (χ4n) is 2.34. The molecule has 0 aromatic heterocycles. The lowest BCUT2D eigenvalue weighted by Gasteiger charge is -2.17. The molecular formula is C20H27NO2S2. The number of hydrogen-bond donors (Lipinski definition) is 1. The molecule has 2 aromatic rings. The van der Waals surface area contributed by atoms with Gasteiger partial charge in [-0.3, -0.25) is 4.72 Å². The predicted octanol–water partition coefficient (Wildman–Crippen LogP) is 4.88. The minimum atomic E-state index is -3.22. The summed E-state index contributed by atoms with van der Waals surface area (Å²) in [6.07, 6.45) is 3.07. The van der Waals surface area contributed by atoms with Gasteiger partial charge in [-0.1, -0.05) is 57.2 Å². The molecule has 0 fully saturated rings. The maximum atomic E-state index is 11.2. The van der Waals surface area contributed by atoms with Crippen LogP contribution < -0.4 is 4.72 Å². The van der Waals surface area contributed by atoms with Gasteiger partial charge in [-0.05, 0) is 41.7 Å². The lowest BCUT2D eigenvalue weighted by molar-refractivity contribution is 0.607. The number of hydrogen-bond acceptors (Lipinski definition) is 3. The van der Waals surface area contributed by atoms with Gasteiger partial charge in [0.25, 0.3) is 0 Å². The summed E-state index contributed by atoms with van der Waals surface area (Å²) < 4.78 is 25.2. The van der Waals surface area contributed by atoms with Gasteiger partial charge in [-0.15, -0.1) is 0 Å². The summed E-state index contributed by atoms with van der Waals surface area (Å²) in [6, 6.07) is 16.4. The lowest BCUT2D eigenvalue weighted by atomic mass is 10.0. The van der Waals surface area contributed by atoms with Crippen molar-refractivity contribution in [2.75, 3.05) is 11.0 Å². The van der Waals surface area contributed by atoms with Crippen LogP contribution in [0.25, 0.3) is 0 Å². The van der Waals surface area contributed by atoms with E-state index < -0.39 is 10.0 Å². The molecule has 0 radical (unpaired) electrons. The fraction of sp³-hybridized carbons (Fsp3) is 0.400. The first-order chi connectivity index (χ1) is 11.6. The molecule has 2 rings (SSSR count). The molecule has 2 aromatic carbocycles. The highest BCUT2D eigenvalue weighted by Crippen LogP contribution is 2.27. The zero-order valence-corrected chi connectivity index (χ0v) is 17.0. The number of nitrogens with one attached hydrogen (secondary N) is 1. The summed E-state index contributed by atoms with van der Waals surface area (Å²) >= 11 is 1.96. The molecule has 0 aliphatic carbocycles. The maximum absolute atomic E-state index is 11.2. The molecule has 0 saturated carbocycles. The molecule has 0 spiro atoms. The molecule has 25 heavy (non-hydrogen) atoms. The molecule has 0 atom stereocenters. The molecule has 0 heterocycles. The van der Waals surface area contributed by atoms with Gasteiger partial charge >= 0.3 is 0 Å². The van der Waals surface area contributed by atoms with Crippen molar-refractivity contribution in [3.63, 3.8) is 0 Å². The Balaban J connectivity index is 1.86. The molecule has 1 N–H and O–H groups in total. The van der Waals surface area contributed by atoms with Crippen molar-refractivity contribution in [3.8, 4) is 0 Å². The van der Waals surface area contributed by atoms with Crippen LogP contribution in [-0.2, 0) is 28.6 Å². The Bertz CT molecular complexity index is 774. The van der Waals surface area contributed by atoms with E-state index in [1.165, 1.54) is 16.7 Å². The summed E-state index contributed by atoms with van der Waals surface area (Å²) in [5.74, 6) is 1.04. The minimum Gasteiger partial charge on any atom is -0.284 e. The maximum Gasteiger partial charge on any atom is 0.229 e. The Hall–Kier alpha value is -1.46. The zero-order valence-electron chi connectivity index (χ0n) is 15.4. The second-order valence-electron chi connectivity index (χ2n) is 7.29. The first kappa shape index (κ1) is 19.9. The molecule has 5 heteroatoms. The van der Waals surface area contributed by atoms with E-state index in [2.05, 4.69) is 49.8 Å². The van der Waals surface area contributed by atoms with Crippen molar-refractivity contribution < 1.29 is 8.42 Å². The third-order valence-corrected chi connectivity index (χ3v) is 5.60. The first-order valence-electron chi connectivity index (χ1n) is 8.39. The predicted molar refractivity (Wildman–Crippen MR) is 110 cm³/mol. The van der Waals surface area contributed by atoms with Gasteiger partial charge in [0, 0.05) is 16.2 Å². The van der Waals surface area contributed by atoms with Crippen molar-refractivity contribution in [2.45, 2.75) is 44.1 Å². The van der Waals surface area contributed by atoms with Crippen LogP contribution in [0.3, 0.4) is 0 Å². The molecule has 0 aliphatic rings. The third-order valence-electron chi connectivity index (χ3n) is 3.65. The second kappa shape index (κ2) is 8.28. The highest BCUT2D eigenvalue weighted by atomic mass is 32.2. The highest BCUT2D eigenvalue weighted by molar-refractivity contribution is 7.99. The van der Waals surface area contributed by atoms with Crippen molar-refractivity contribution in [1.29, 1.82) is 0 Å². The average Bonchev–Trinajstić information content (AvgIpc) is 2.51. The largest absolute Gasteiger partial charge is 0.284 e. The van der Waals surface area contributed by atoms with Crippen molar-refractivity contribution in [3.05, 3.63) is 65.2 Å². The number of anilines is 1. The highest BCUT2D eigenvalue weighted by Gasteiger charge is 2.10. The number of rotatable bonds is 7.